The van der Waals surface area contributed by atoms with E-state index in [2.05, 4.69) is 9.47 Å². The zero-order valence-corrected chi connectivity index (χ0v) is 8.58. The lowest BCUT2D eigenvalue weighted by Gasteiger charge is -1.95. The highest BCUT2D eigenvalue weighted by molar-refractivity contribution is 7.91. The molecule has 0 rings (SSSR count). The Morgan fingerprint density at radius 1 is 1.00 bits per heavy atom. The number of rotatable bonds is 6. The molecule has 0 saturated carbocycles. The topological polar surface area (TPSA) is 52.6 Å². The first-order chi connectivity index (χ1) is 6.12. The molecule has 4 nitrogen and oxygen atoms in total. The van der Waals surface area contributed by atoms with E-state index in [-0.39, 0.29) is 11.5 Å². The predicted octanol–water partition coefficient (Wildman–Crippen LogP) is 0.721. The Balaban J connectivity index is 3.95. The van der Waals surface area contributed by atoms with Crippen LogP contribution in [0, 0.1) is 0 Å². The molecule has 5 heteroatoms. The molecule has 0 atom stereocenters. The third-order valence-corrected chi connectivity index (χ3v) is 2.57. The highest BCUT2D eigenvalue weighted by Gasteiger charge is 2.04. The predicted molar refractivity (Wildman–Crippen MR) is 51.0 cm³/mol. The van der Waals surface area contributed by atoms with Crippen molar-refractivity contribution in [2.45, 2.75) is 0 Å². The Morgan fingerprint density at radius 3 is 1.69 bits per heavy atom. The zero-order valence-electron chi connectivity index (χ0n) is 7.76. The Bertz CT molecular complexity index is 242. The summed E-state index contributed by atoms with van der Waals surface area (Å²) in [5.74, 6) is -0.0379. The second-order valence-electron chi connectivity index (χ2n) is 2.29. The van der Waals surface area contributed by atoms with E-state index < -0.39 is 9.84 Å². The maximum atomic E-state index is 11.2. The van der Waals surface area contributed by atoms with Gasteiger partial charge in [0.2, 0.25) is 0 Å². The summed E-state index contributed by atoms with van der Waals surface area (Å²) < 4.78 is 31.5. The molecule has 0 N–H and O–H groups in total. The summed E-state index contributed by atoms with van der Waals surface area (Å²) in [6.45, 7) is 0. The Labute approximate surface area is 78.8 Å². The Hall–Kier alpha value is -0.970. The minimum Gasteiger partial charge on any atom is -0.505 e. The van der Waals surface area contributed by atoms with Gasteiger partial charge in [0.05, 0.1) is 38.2 Å². The molecule has 0 radical (unpaired) electrons. The second kappa shape index (κ2) is 6.54. The van der Waals surface area contributed by atoms with Gasteiger partial charge < -0.3 is 9.47 Å². The quantitative estimate of drug-likeness (QED) is 0.601. The van der Waals surface area contributed by atoms with Crippen LogP contribution in [0.15, 0.2) is 24.7 Å². The molecule has 0 bridgehead atoms. The molecular weight excluding hydrogens is 192 g/mol. The van der Waals surface area contributed by atoms with Gasteiger partial charge in [-0.2, -0.15) is 0 Å². The molecule has 13 heavy (non-hydrogen) atoms. The maximum Gasteiger partial charge on any atom is 0.157 e. The van der Waals surface area contributed by atoms with Gasteiger partial charge >= 0.3 is 0 Å². The number of hydrogen-bond donors (Lipinski definition) is 0. The van der Waals surface area contributed by atoms with Gasteiger partial charge in [-0.15, -0.1) is 0 Å². The minimum atomic E-state index is -3.06. The fourth-order valence-corrected chi connectivity index (χ4v) is 1.51. The van der Waals surface area contributed by atoms with Crippen molar-refractivity contribution in [1.29, 1.82) is 0 Å². The van der Waals surface area contributed by atoms with Gasteiger partial charge in [-0.1, -0.05) is 0 Å². The van der Waals surface area contributed by atoms with Crippen molar-refractivity contribution in [2.75, 3.05) is 25.7 Å². The molecular formula is C8H14O4S. The van der Waals surface area contributed by atoms with Crippen molar-refractivity contribution < 1.29 is 17.9 Å². The molecule has 0 aromatic rings. The van der Waals surface area contributed by atoms with Crippen molar-refractivity contribution in [3.8, 4) is 0 Å². The van der Waals surface area contributed by atoms with Crippen molar-refractivity contribution in [3.63, 3.8) is 0 Å². The number of sulfone groups is 1. The standard InChI is InChI=1S/C8H14O4S/c1-11-5-3-7-13(9,10)8-4-6-12-2/h3-6H,7-8H2,1-2H3. The number of methoxy groups -OCH3 is 2. The summed E-state index contributed by atoms with van der Waals surface area (Å²) in [5.41, 5.74) is 0. The Kier molecular flexibility index (Phi) is 6.05. The van der Waals surface area contributed by atoms with Crippen LogP contribution in [0.3, 0.4) is 0 Å². The lowest BCUT2D eigenvalue weighted by atomic mass is 10.7. The highest BCUT2D eigenvalue weighted by atomic mass is 32.2. The SMILES string of the molecule is COC=CCS(=O)(=O)CC=COC. The zero-order chi connectivity index (χ0) is 10.2. The van der Waals surface area contributed by atoms with E-state index >= 15 is 0 Å². The fourth-order valence-electron chi connectivity index (χ4n) is 0.632. The molecule has 76 valence electrons. The molecule has 0 aromatic carbocycles. The van der Waals surface area contributed by atoms with Gasteiger partial charge in [0.25, 0.3) is 0 Å². The van der Waals surface area contributed by atoms with Gasteiger partial charge in [-0.05, 0) is 12.2 Å². The van der Waals surface area contributed by atoms with Crippen LogP contribution >= 0.6 is 0 Å². The van der Waals surface area contributed by atoms with E-state index in [0.29, 0.717) is 0 Å². The van der Waals surface area contributed by atoms with Crippen LogP contribution in [0.5, 0.6) is 0 Å². The summed E-state index contributed by atoms with van der Waals surface area (Å²) in [4.78, 5) is 0. The monoisotopic (exact) mass is 206 g/mol. The molecule has 0 spiro atoms. The Morgan fingerprint density at radius 2 is 1.38 bits per heavy atom. The maximum absolute atomic E-state index is 11.2. The van der Waals surface area contributed by atoms with Crippen molar-refractivity contribution in [1.82, 2.24) is 0 Å². The average molecular weight is 206 g/mol. The summed E-state index contributed by atoms with van der Waals surface area (Å²) in [5, 5.41) is 0. The molecule has 0 aromatic heterocycles. The third-order valence-electron chi connectivity index (χ3n) is 1.16. The van der Waals surface area contributed by atoms with Crippen LogP contribution in [-0.4, -0.2) is 34.1 Å². The molecule has 0 aliphatic heterocycles. The molecule has 0 aliphatic rings. The van der Waals surface area contributed by atoms with Crippen molar-refractivity contribution in [3.05, 3.63) is 24.7 Å². The molecule has 0 amide bonds. The lowest BCUT2D eigenvalue weighted by Crippen LogP contribution is -2.07. The van der Waals surface area contributed by atoms with Gasteiger partial charge in [0, 0.05) is 0 Å². The van der Waals surface area contributed by atoms with Gasteiger partial charge in [-0.25, -0.2) is 8.42 Å². The first kappa shape index (κ1) is 12.0. The van der Waals surface area contributed by atoms with Crippen LogP contribution in [0.2, 0.25) is 0 Å². The minimum absolute atomic E-state index is 0.0190. The summed E-state index contributed by atoms with van der Waals surface area (Å²) in [6, 6.07) is 0. The van der Waals surface area contributed by atoms with Crippen molar-refractivity contribution in [2.24, 2.45) is 0 Å². The largest absolute Gasteiger partial charge is 0.505 e. The number of hydrogen-bond acceptors (Lipinski definition) is 4. The van der Waals surface area contributed by atoms with E-state index in [0.717, 1.165) is 0 Å². The van der Waals surface area contributed by atoms with E-state index in [1.54, 1.807) is 0 Å². The van der Waals surface area contributed by atoms with Crippen LogP contribution < -0.4 is 0 Å². The number of ether oxygens (including phenoxy) is 2. The average Bonchev–Trinajstić information content (AvgIpc) is 2.05. The van der Waals surface area contributed by atoms with Gasteiger partial charge in [-0.3, -0.25) is 0 Å². The van der Waals surface area contributed by atoms with Gasteiger partial charge in [0.1, 0.15) is 0 Å². The van der Waals surface area contributed by atoms with Crippen LogP contribution in [0.1, 0.15) is 0 Å². The highest BCUT2D eigenvalue weighted by Crippen LogP contribution is 1.92. The smallest absolute Gasteiger partial charge is 0.157 e. The second-order valence-corrected chi connectivity index (χ2v) is 4.45. The fraction of sp³-hybridized carbons (Fsp3) is 0.500. The van der Waals surface area contributed by atoms with Crippen LogP contribution in [-0.2, 0) is 19.3 Å². The molecule has 0 aliphatic carbocycles. The summed E-state index contributed by atoms with van der Waals surface area (Å²) >= 11 is 0. The molecule has 0 saturated heterocycles. The lowest BCUT2D eigenvalue weighted by molar-refractivity contribution is 0.337. The van der Waals surface area contributed by atoms with E-state index in [4.69, 9.17) is 0 Å². The molecule has 0 fully saturated rings. The van der Waals surface area contributed by atoms with E-state index in [1.807, 2.05) is 0 Å². The van der Waals surface area contributed by atoms with Gasteiger partial charge in [0.15, 0.2) is 9.84 Å². The first-order valence-electron chi connectivity index (χ1n) is 3.68. The normalized spacial score (nSPS) is 12.5. The summed E-state index contributed by atoms with van der Waals surface area (Å²) in [7, 11) is -0.127. The first-order valence-corrected chi connectivity index (χ1v) is 5.50. The van der Waals surface area contributed by atoms with E-state index in [1.165, 1.54) is 38.9 Å². The van der Waals surface area contributed by atoms with Crippen LogP contribution in [0.4, 0.5) is 0 Å². The van der Waals surface area contributed by atoms with Crippen LogP contribution in [0.25, 0.3) is 0 Å². The van der Waals surface area contributed by atoms with E-state index in [9.17, 15) is 8.42 Å². The summed E-state index contributed by atoms with van der Waals surface area (Å²) in [6.07, 6.45) is 5.60. The molecule has 0 heterocycles. The van der Waals surface area contributed by atoms with Crippen molar-refractivity contribution >= 4 is 9.84 Å². The third kappa shape index (κ3) is 7.39. The molecule has 0 unspecified atom stereocenters.